The molecule has 24 heavy (non-hydrogen) atoms. The fourth-order valence-electron chi connectivity index (χ4n) is 3.06. The van der Waals surface area contributed by atoms with Crippen molar-refractivity contribution in [2.45, 2.75) is 45.3 Å². The summed E-state index contributed by atoms with van der Waals surface area (Å²) in [4.78, 5) is 30.2. The molecule has 1 heterocycles. The maximum atomic E-state index is 13.0. The van der Waals surface area contributed by atoms with Gasteiger partial charge < -0.3 is 4.90 Å². The highest BCUT2D eigenvalue weighted by molar-refractivity contribution is 5.97. The van der Waals surface area contributed by atoms with Crippen molar-refractivity contribution in [1.29, 1.82) is 5.26 Å². The number of unbranched alkanes of at least 4 members (excludes halogenated alkanes) is 1. The molecule has 0 N–H and O–H groups in total. The Kier molecular flexibility index (Phi) is 5.45. The SMILES string of the molecule is CCCCC1N(C)C(=O)C(C)N1C(=O)N(C)c1ccc(C#N)cc1. The van der Waals surface area contributed by atoms with Gasteiger partial charge in [0.25, 0.3) is 0 Å². The van der Waals surface area contributed by atoms with Gasteiger partial charge in [-0.05, 0) is 44.0 Å². The molecule has 3 amide bonds. The van der Waals surface area contributed by atoms with Crippen LogP contribution in [0.4, 0.5) is 10.5 Å². The number of likely N-dealkylation sites (N-methyl/N-ethyl adjacent to an activating group) is 1. The molecular weight excluding hydrogens is 304 g/mol. The molecule has 6 heteroatoms. The van der Waals surface area contributed by atoms with Crippen molar-refractivity contribution in [2.75, 3.05) is 19.0 Å². The molecule has 1 saturated heterocycles. The number of benzene rings is 1. The standard InChI is InChI=1S/C18H24N4O2/c1-5-6-7-16-21(4)17(23)13(2)22(16)18(24)20(3)15-10-8-14(12-19)9-11-15/h8-11,13,16H,5-7H2,1-4H3. The van der Waals surface area contributed by atoms with Gasteiger partial charge in [-0.25, -0.2) is 4.79 Å². The molecule has 0 saturated carbocycles. The Hall–Kier alpha value is -2.55. The number of anilines is 1. The van der Waals surface area contributed by atoms with E-state index in [1.54, 1.807) is 55.1 Å². The van der Waals surface area contributed by atoms with E-state index >= 15 is 0 Å². The number of rotatable bonds is 4. The van der Waals surface area contributed by atoms with Crippen LogP contribution in [0.25, 0.3) is 0 Å². The van der Waals surface area contributed by atoms with Gasteiger partial charge in [0.2, 0.25) is 5.91 Å². The summed E-state index contributed by atoms with van der Waals surface area (Å²) in [6.07, 6.45) is 2.54. The zero-order valence-electron chi connectivity index (χ0n) is 14.7. The Morgan fingerprint density at radius 3 is 2.50 bits per heavy atom. The van der Waals surface area contributed by atoms with Gasteiger partial charge in [0.05, 0.1) is 11.6 Å². The lowest BCUT2D eigenvalue weighted by Gasteiger charge is -2.32. The highest BCUT2D eigenvalue weighted by Crippen LogP contribution is 2.27. The van der Waals surface area contributed by atoms with E-state index in [-0.39, 0.29) is 18.1 Å². The van der Waals surface area contributed by atoms with E-state index in [9.17, 15) is 9.59 Å². The van der Waals surface area contributed by atoms with Crippen LogP contribution >= 0.6 is 0 Å². The van der Waals surface area contributed by atoms with Crippen molar-refractivity contribution >= 4 is 17.6 Å². The van der Waals surface area contributed by atoms with Gasteiger partial charge >= 0.3 is 6.03 Å². The summed E-state index contributed by atoms with van der Waals surface area (Å²) < 4.78 is 0. The first-order valence-corrected chi connectivity index (χ1v) is 8.25. The third-order valence-electron chi connectivity index (χ3n) is 4.60. The third-order valence-corrected chi connectivity index (χ3v) is 4.60. The van der Waals surface area contributed by atoms with Gasteiger partial charge in [-0.2, -0.15) is 5.26 Å². The minimum Gasteiger partial charge on any atom is -0.323 e. The molecule has 1 fully saturated rings. The maximum absolute atomic E-state index is 13.0. The average molecular weight is 328 g/mol. The number of urea groups is 1. The number of amides is 3. The average Bonchev–Trinajstić information content (AvgIpc) is 2.82. The first-order chi connectivity index (χ1) is 11.4. The molecule has 2 atom stereocenters. The number of hydrogen-bond acceptors (Lipinski definition) is 3. The van der Waals surface area contributed by atoms with Crippen molar-refractivity contribution in [2.24, 2.45) is 0 Å². The molecule has 1 aliphatic rings. The Bertz CT molecular complexity index is 650. The number of carbonyl (C=O) groups is 2. The second-order valence-corrected chi connectivity index (χ2v) is 6.16. The summed E-state index contributed by atoms with van der Waals surface area (Å²) in [5.74, 6) is -0.0299. The highest BCUT2D eigenvalue weighted by Gasteiger charge is 2.44. The molecular formula is C18H24N4O2. The van der Waals surface area contributed by atoms with Crippen LogP contribution < -0.4 is 4.90 Å². The molecule has 128 valence electrons. The number of hydrogen-bond donors (Lipinski definition) is 0. The summed E-state index contributed by atoms with van der Waals surface area (Å²) in [6.45, 7) is 3.87. The lowest BCUT2D eigenvalue weighted by molar-refractivity contribution is -0.128. The quantitative estimate of drug-likeness (QED) is 0.853. The predicted molar refractivity (Wildman–Crippen MR) is 92.3 cm³/mol. The van der Waals surface area contributed by atoms with Crippen LogP contribution in [0.5, 0.6) is 0 Å². The van der Waals surface area contributed by atoms with Crippen molar-refractivity contribution in [3.05, 3.63) is 29.8 Å². The minimum absolute atomic E-state index is 0.0299. The van der Waals surface area contributed by atoms with E-state index in [1.165, 1.54) is 4.90 Å². The molecule has 0 radical (unpaired) electrons. The lowest BCUT2D eigenvalue weighted by atomic mass is 10.2. The minimum atomic E-state index is -0.467. The van der Waals surface area contributed by atoms with Crippen LogP contribution in [-0.2, 0) is 4.79 Å². The van der Waals surface area contributed by atoms with Crippen LogP contribution in [0, 0.1) is 11.3 Å². The van der Waals surface area contributed by atoms with Crippen molar-refractivity contribution < 1.29 is 9.59 Å². The third kappa shape index (κ3) is 3.21. The summed E-state index contributed by atoms with van der Waals surface area (Å²) in [6, 6.07) is 8.23. The molecule has 0 bridgehead atoms. The van der Waals surface area contributed by atoms with Gasteiger partial charge in [0.1, 0.15) is 12.2 Å². The van der Waals surface area contributed by atoms with E-state index in [4.69, 9.17) is 5.26 Å². The summed E-state index contributed by atoms with van der Waals surface area (Å²) in [5.41, 5.74) is 1.24. The van der Waals surface area contributed by atoms with Crippen LogP contribution in [-0.4, -0.2) is 48.0 Å². The van der Waals surface area contributed by atoms with Gasteiger partial charge in [-0.3, -0.25) is 14.6 Å². The van der Waals surface area contributed by atoms with Crippen LogP contribution in [0.1, 0.15) is 38.7 Å². The van der Waals surface area contributed by atoms with E-state index in [1.807, 2.05) is 0 Å². The second-order valence-electron chi connectivity index (χ2n) is 6.16. The van der Waals surface area contributed by atoms with E-state index in [0.29, 0.717) is 11.3 Å². The van der Waals surface area contributed by atoms with E-state index < -0.39 is 6.04 Å². The van der Waals surface area contributed by atoms with Gasteiger partial charge in [0, 0.05) is 19.8 Å². The van der Waals surface area contributed by atoms with Crippen molar-refractivity contribution in [1.82, 2.24) is 9.80 Å². The smallest absolute Gasteiger partial charge is 0.323 e. The molecule has 6 nitrogen and oxygen atoms in total. The fraction of sp³-hybridized carbons (Fsp3) is 0.500. The largest absolute Gasteiger partial charge is 0.326 e. The Morgan fingerprint density at radius 1 is 1.33 bits per heavy atom. The zero-order chi connectivity index (χ0) is 17.9. The van der Waals surface area contributed by atoms with E-state index in [2.05, 4.69) is 13.0 Å². The summed E-state index contributed by atoms with van der Waals surface area (Å²) in [7, 11) is 3.45. The van der Waals surface area contributed by atoms with Gasteiger partial charge in [-0.1, -0.05) is 13.3 Å². The molecule has 0 spiro atoms. The van der Waals surface area contributed by atoms with Crippen LogP contribution in [0.2, 0.25) is 0 Å². The highest BCUT2D eigenvalue weighted by atomic mass is 16.2. The first-order valence-electron chi connectivity index (χ1n) is 8.25. The van der Waals surface area contributed by atoms with Crippen LogP contribution in [0.15, 0.2) is 24.3 Å². The number of nitrogens with zero attached hydrogens (tertiary/aromatic N) is 4. The number of nitriles is 1. The fourth-order valence-corrected chi connectivity index (χ4v) is 3.06. The molecule has 1 aromatic carbocycles. The van der Waals surface area contributed by atoms with Crippen LogP contribution in [0.3, 0.4) is 0 Å². The molecule has 2 rings (SSSR count). The zero-order valence-corrected chi connectivity index (χ0v) is 14.7. The number of carbonyl (C=O) groups excluding carboxylic acids is 2. The second kappa shape index (κ2) is 7.35. The Morgan fingerprint density at radius 2 is 1.96 bits per heavy atom. The monoisotopic (exact) mass is 328 g/mol. The molecule has 1 aromatic rings. The lowest BCUT2D eigenvalue weighted by Crippen LogP contribution is -2.49. The molecule has 1 aliphatic heterocycles. The first kappa shape index (κ1) is 17.8. The molecule has 0 aliphatic carbocycles. The molecule has 0 aromatic heterocycles. The summed E-state index contributed by atoms with van der Waals surface area (Å²) >= 11 is 0. The summed E-state index contributed by atoms with van der Waals surface area (Å²) in [5, 5.41) is 8.88. The van der Waals surface area contributed by atoms with Crippen molar-refractivity contribution in [3.63, 3.8) is 0 Å². The Labute approximate surface area is 143 Å². The van der Waals surface area contributed by atoms with Gasteiger partial charge in [0.15, 0.2) is 0 Å². The maximum Gasteiger partial charge on any atom is 0.326 e. The molecule has 2 unspecified atom stereocenters. The van der Waals surface area contributed by atoms with E-state index in [0.717, 1.165) is 19.3 Å². The van der Waals surface area contributed by atoms with Crippen molar-refractivity contribution in [3.8, 4) is 6.07 Å². The normalized spacial score (nSPS) is 20.2. The topological polar surface area (TPSA) is 67.7 Å². The predicted octanol–water partition coefficient (Wildman–Crippen LogP) is 2.79. The Balaban J connectivity index is 2.24. The van der Waals surface area contributed by atoms with Gasteiger partial charge in [-0.15, -0.1) is 0 Å².